The first-order chi connectivity index (χ1) is 12.0. The van der Waals surface area contributed by atoms with Crippen LogP contribution in [0.2, 0.25) is 0 Å². The number of sulfone groups is 1. The fourth-order valence-corrected chi connectivity index (χ4v) is 3.63. The molecule has 0 aliphatic carbocycles. The molecule has 0 saturated heterocycles. The van der Waals surface area contributed by atoms with E-state index in [9.17, 15) is 13.2 Å². The van der Waals surface area contributed by atoms with Gasteiger partial charge in [0.05, 0.1) is 11.5 Å². The van der Waals surface area contributed by atoms with Gasteiger partial charge in [-0.25, -0.2) is 8.42 Å². The van der Waals surface area contributed by atoms with Gasteiger partial charge in [0.1, 0.15) is 13.2 Å². The van der Waals surface area contributed by atoms with Gasteiger partial charge in [-0.3, -0.25) is 4.79 Å². The van der Waals surface area contributed by atoms with E-state index in [0.29, 0.717) is 24.7 Å². The van der Waals surface area contributed by atoms with Crippen LogP contribution in [-0.4, -0.2) is 40.0 Å². The zero-order valence-corrected chi connectivity index (χ0v) is 14.5. The monoisotopic (exact) mass is 362 g/mol. The van der Waals surface area contributed by atoms with Gasteiger partial charge in [-0.1, -0.05) is 18.2 Å². The number of carbonyl (C=O) groups is 1. The molecule has 7 heteroatoms. The summed E-state index contributed by atoms with van der Waals surface area (Å²) in [4.78, 5) is 11.5. The highest BCUT2D eigenvalue weighted by molar-refractivity contribution is 7.92. The van der Waals surface area contributed by atoms with Crippen LogP contribution in [0.1, 0.15) is 6.92 Å². The van der Waals surface area contributed by atoms with Crippen molar-refractivity contribution < 1.29 is 27.4 Å². The lowest BCUT2D eigenvalue weighted by molar-refractivity contribution is -0.139. The maximum atomic E-state index is 12.2. The third-order valence-corrected chi connectivity index (χ3v) is 5.31. The van der Waals surface area contributed by atoms with Crippen LogP contribution in [0.3, 0.4) is 0 Å². The number of rotatable bonds is 5. The molecule has 2 aromatic carbocycles. The Morgan fingerprint density at radius 1 is 1.00 bits per heavy atom. The van der Waals surface area contributed by atoms with Gasteiger partial charge in [0.25, 0.3) is 0 Å². The third-order valence-electron chi connectivity index (χ3n) is 3.70. The molecule has 0 bridgehead atoms. The van der Waals surface area contributed by atoms with Crippen molar-refractivity contribution in [3.8, 4) is 22.6 Å². The molecule has 0 N–H and O–H groups in total. The summed E-state index contributed by atoms with van der Waals surface area (Å²) >= 11 is 0. The van der Waals surface area contributed by atoms with Gasteiger partial charge in [-0.15, -0.1) is 0 Å². The minimum atomic E-state index is -3.71. The Hall–Kier alpha value is -2.54. The Bertz CT molecular complexity index is 871. The summed E-state index contributed by atoms with van der Waals surface area (Å²) in [5.74, 6) is -0.0469. The second kappa shape index (κ2) is 7.14. The van der Waals surface area contributed by atoms with Crippen molar-refractivity contribution in [2.75, 3.05) is 25.6 Å². The summed E-state index contributed by atoms with van der Waals surface area (Å²) in [6.07, 6.45) is 0. The Morgan fingerprint density at radius 3 is 2.32 bits per heavy atom. The molecule has 0 fully saturated rings. The molecule has 0 unspecified atom stereocenters. The number of hydrogen-bond acceptors (Lipinski definition) is 6. The number of carbonyl (C=O) groups excluding carboxylic acids is 1. The van der Waals surface area contributed by atoms with Crippen molar-refractivity contribution in [3.63, 3.8) is 0 Å². The summed E-state index contributed by atoms with van der Waals surface area (Å²) < 4.78 is 40.2. The topological polar surface area (TPSA) is 78.9 Å². The van der Waals surface area contributed by atoms with Gasteiger partial charge >= 0.3 is 5.97 Å². The third kappa shape index (κ3) is 3.93. The second-order valence-electron chi connectivity index (χ2n) is 5.45. The SMILES string of the molecule is CCOC(=O)CS(=O)(=O)c1ccc(-c2ccc3c(c2)OCCO3)cc1. The molecular weight excluding hydrogens is 344 g/mol. The van der Waals surface area contributed by atoms with E-state index in [-0.39, 0.29) is 11.5 Å². The molecule has 3 rings (SSSR count). The maximum absolute atomic E-state index is 12.2. The van der Waals surface area contributed by atoms with Crippen molar-refractivity contribution in [1.29, 1.82) is 0 Å². The molecular formula is C18H18O6S. The maximum Gasteiger partial charge on any atom is 0.321 e. The average Bonchev–Trinajstić information content (AvgIpc) is 2.61. The van der Waals surface area contributed by atoms with E-state index in [0.717, 1.165) is 11.1 Å². The number of ether oxygens (including phenoxy) is 3. The van der Waals surface area contributed by atoms with E-state index < -0.39 is 21.6 Å². The number of fused-ring (bicyclic) bond motifs is 1. The zero-order chi connectivity index (χ0) is 17.9. The molecule has 1 aliphatic rings. The van der Waals surface area contributed by atoms with Crippen LogP contribution < -0.4 is 9.47 Å². The van der Waals surface area contributed by atoms with E-state index >= 15 is 0 Å². The van der Waals surface area contributed by atoms with Crippen LogP contribution in [0.4, 0.5) is 0 Å². The fraction of sp³-hybridized carbons (Fsp3) is 0.278. The van der Waals surface area contributed by atoms with Crippen molar-refractivity contribution in [3.05, 3.63) is 42.5 Å². The molecule has 0 spiro atoms. The zero-order valence-electron chi connectivity index (χ0n) is 13.7. The van der Waals surface area contributed by atoms with Crippen LogP contribution >= 0.6 is 0 Å². The normalized spacial score (nSPS) is 13.3. The molecule has 2 aromatic rings. The number of esters is 1. The van der Waals surface area contributed by atoms with Gasteiger partial charge < -0.3 is 14.2 Å². The number of hydrogen-bond donors (Lipinski definition) is 0. The first-order valence-corrected chi connectivity index (χ1v) is 9.53. The minimum absolute atomic E-state index is 0.0850. The molecule has 25 heavy (non-hydrogen) atoms. The smallest absolute Gasteiger partial charge is 0.321 e. The van der Waals surface area contributed by atoms with Crippen molar-refractivity contribution in [2.45, 2.75) is 11.8 Å². The Kier molecular flexibility index (Phi) is 4.94. The molecule has 0 radical (unpaired) electrons. The van der Waals surface area contributed by atoms with Crippen molar-refractivity contribution in [2.24, 2.45) is 0 Å². The minimum Gasteiger partial charge on any atom is -0.486 e. The van der Waals surface area contributed by atoms with Crippen molar-refractivity contribution >= 4 is 15.8 Å². The van der Waals surface area contributed by atoms with Gasteiger partial charge in [0, 0.05) is 0 Å². The van der Waals surface area contributed by atoms with E-state index in [4.69, 9.17) is 14.2 Å². The van der Waals surface area contributed by atoms with E-state index in [1.165, 1.54) is 12.1 Å². The summed E-state index contributed by atoms with van der Waals surface area (Å²) in [5.41, 5.74) is 1.73. The average molecular weight is 362 g/mol. The lowest BCUT2D eigenvalue weighted by Gasteiger charge is -2.19. The highest BCUT2D eigenvalue weighted by Crippen LogP contribution is 2.34. The summed E-state index contributed by atoms with van der Waals surface area (Å²) in [7, 11) is -3.71. The Balaban J connectivity index is 1.81. The quantitative estimate of drug-likeness (QED) is 0.760. The largest absolute Gasteiger partial charge is 0.486 e. The Morgan fingerprint density at radius 2 is 1.64 bits per heavy atom. The van der Waals surface area contributed by atoms with E-state index in [2.05, 4.69) is 0 Å². The number of benzene rings is 2. The van der Waals surface area contributed by atoms with E-state index in [1.807, 2.05) is 18.2 Å². The first kappa shape index (κ1) is 17.3. The van der Waals surface area contributed by atoms with Gasteiger partial charge in [-0.2, -0.15) is 0 Å². The van der Waals surface area contributed by atoms with Crippen LogP contribution in [0, 0.1) is 0 Å². The molecule has 132 valence electrons. The summed E-state index contributed by atoms with van der Waals surface area (Å²) in [5, 5.41) is 0. The van der Waals surface area contributed by atoms with Gasteiger partial charge in [-0.05, 0) is 42.3 Å². The second-order valence-corrected chi connectivity index (χ2v) is 7.44. The van der Waals surface area contributed by atoms with Crippen LogP contribution in [0.25, 0.3) is 11.1 Å². The Labute approximate surface area is 146 Å². The molecule has 1 heterocycles. The molecule has 0 amide bonds. The van der Waals surface area contributed by atoms with Crippen LogP contribution in [-0.2, 0) is 19.4 Å². The molecule has 0 aromatic heterocycles. The fourth-order valence-electron chi connectivity index (χ4n) is 2.52. The first-order valence-electron chi connectivity index (χ1n) is 7.88. The molecule has 0 saturated carbocycles. The molecule has 0 atom stereocenters. The predicted octanol–water partition coefficient (Wildman–Crippen LogP) is 2.46. The highest BCUT2D eigenvalue weighted by atomic mass is 32.2. The van der Waals surface area contributed by atoms with Crippen LogP contribution in [0.15, 0.2) is 47.4 Å². The highest BCUT2D eigenvalue weighted by Gasteiger charge is 2.20. The van der Waals surface area contributed by atoms with Gasteiger partial charge in [0.15, 0.2) is 27.1 Å². The molecule has 6 nitrogen and oxygen atoms in total. The van der Waals surface area contributed by atoms with Crippen molar-refractivity contribution in [1.82, 2.24) is 0 Å². The lowest BCUT2D eigenvalue weighted by atomic mass is 10.1. The summed E-state index contributed by atoms with van der Waals surface area (Å²) in [6, 6.07) is 11.9. The standard InChI is InChI=1S/C18H18O6S/c1-2-22-18(19)12-25(20,21)15-6-3-13(4-7-15)14-5-8-16-17(11-14)24-10-9-23-16/h3-8,11H,2,9-10,12H2,1H3. The van der Waals surface area contributed by atoms with E-state index in [1.54, 1.807) is 19.1 Å². The summed E-state index contributed by atoms with van der Waals surface area (Å²) in [6.45, 7) is 2.81. The van der Waals surface area contributed by atoms with Gasteiger partial charge in [0.2, 0.25) is 0 Å². The lowest BCUT2D eigenvalue weighted by Crippen LogP contribution is -2.18. The molecule has 1 aliphatic heterocycles. The predicted molar refractivity (Wildman–Crippen MR) is 91.6 cm³/mol. The van der Waals surface area contributed by atoms with Crippen LogP contribution in [0.5, 0.6) is 11.5 Å².